The summed E-state index contributed by atoms with van der Waals surface area (Å²) in [5.41, 5.74) is 0. The fourth-order valence-electron chi connectivity index (χ4n) is 0.0186. The molecular formula is C3H3NO2Y2-2. The van der Waals surface area contributed by atoms with Gasteiger partial charge in [0.15, 0.2) is 0 Å². The Balaban J connectivity index is -0.000000125. The maximum absolute atomic E-state index is 9.27. The third-order valence-electron chi connectivity index (χ3n) is 0.274. The summed E-state index contributed by atoms with van der Waals surface area (Å²) in [5.74, 6) is 0. The molecule has 0 aliphatic heterocycles. The molecule has 2 radical (unpaired) electrons. The number of nitrogens with zero attached hydrogens (tertiary/aromatic N) is 1. The van der Waals surface area contributed by atoms with Gasteiger partial charge in [-0.05, 0) is 7.05 Å². The molecule has 8 heavy (non-hydrogen) atoms. The van der Waals surface area contributed by atoms with Crippen LogP contribution in [-0.4, -0.2) is 24.8 Å². The summed E-state index contributed by atoms with van der Waals surface area (Å²) < 4.78 is 0. The minimum Gasteiger partial charge on any atom is -0.639 e. The van der Waals surface area contributed by atoms with Crippen LogP contribution in [0.3, 0.4) is 0 Å². The predicted octanol–water partition coefficient (Wildman–Crippen LogP) is -0.952. The molecule has 0 aromatic rings. The van der Waals surface area contributed by atoms with Gasteiger partial charge in [0.2, 0.25) is 0 Å². The van der Waals surface area contributed by atoms with E-state index in [0.717, 1.165) is 0 Å². The van der Waals surface area contributed by atoms with E-state index in [-0.39, 0.29) is 65.4 Å². The summed E-state index contributed by atoms with van der Waals surface area (Å²) in [7, 11) is 1.26. The van der Waals surface area contributed by atoms with E-state index >= 15 is 0 Å². The zero-order chi connectivity index (χ0) is 4.99. The Hall–Kier alpha value is 1.35. The molecule has 0 unspecified atom stereocenters. The van der Waals surface area contributed by atoms with Crippen molar-refractivity contribution in [3.8, 4) is 0 Å². The van der Waals surface area contributed by atoms with Gasteiger partial charge < -0.3 is 14.5 Å². The summed E-state index contributed by atoms with van der Waals surface area (Å²) in [4.78, 5) is 19.2. The van der Waals surface area contributed by atoms with Crippen molar-refractivity contribution in [3.63, 3.8) is 0 Å². The van der Waals surface area contributed by atoms with Crippen LogP contribution in [-0.2, 0) is 75.0 Å². The van der Waals surface area contributed by atoms with Gasteiger partial charge in [0.1, 0.15) is 0 Å². The van der Waals surface area contributed by atoms with Crippen molar-refractivity contribution >= 4 is 12.8 Å². The molecule has 0 aliphatic carbocycles. The van der Waals surface area contributed by atoms with Gasteiger partial charge in [-0.25, -0.2) is 0 Å². The van der Waals surface area contributed by atoms with Crippen LogP contribution in [0.25, 0.3) is 0 Å². The zero-order valence-electron chi connectivity index (χ0n) is 4.42. The molecule has 0 spiro atoms. The minimum atomic E-state index is 0. The summed E-state index contributed by atoms with van der Waals surface area (Å²) in [6.07, 6.45) is 2.55. The van der Waals surface area contributed by atoms with Crippen LogP contribution in [0.4, 0.5) is 0 Å². The van der Waals surface area contributed by atoms with E-state index in [1.807, 2.05) is 0 Å². The summed E-state index contributed by atoms with van der Waals surface area (Å²) in [6, 6.07) is 0. The van der Waals surface area contributed by atoms with Crippen LogP contribution in [0.2, 0.25) is 0 Å². The summed E-state index contributed by atoms with van der Waals surface area (Å²) >= 11 is 0. The van der Waals surface area contributed by atoms with Crippen LogP contribution in [0, 0.1) is 0 Å². The molecule has 3 nitrogen and oxygen atoms in total. The molecule has 0 N–H and O–H groups in total. The summed E-state index contributed by atoms with van der Waals surface area (Å²) in [6.45, 7) is 0. The molecular weight excluding hydrogens is 260 g/mol. The van der Waals surface area contributed by atoms with Crippen LogP contribution in [0.15, 0.2) is 0 Å². The van der Waals surface area contributed by atoms with Gasteiger partial charge >= 0.3 is 0 Å². The Morgan fingerprint density at radius 2 is 1.38 bits per heavy atom. The molecule has 0 atom stereocenters. The zero-order valence-corrected chi connectivity index (χ0v) is 10.1. The molecule has 0 aliphatic rings. The van der Waals surface area contributed by atoms with Crippen molar-refractivity contribution in [2.45, 2.75) is 0 Å². The smallest absolute Gasteiger partial charge is 0 e. The standard InChI is InChI=1S/C3H3NO2.2Y/c1-4(2-5)3-6;;/h1H3;;/q-2;;. The number of amides is 2. The van der Waals surface area contributed by atoms with E-state index < -0.39 is 0 Å². The van der Waals surface area contributed by atoms with Gasteiger partial charge in [-0.2, -0.15) is 12.8 Å². The molecule has 2 amide bonds. The van der Waals surface area contributed by atoms with Crippen molar-refractivity contribution in [2.75, 3.05) is 7.05 Å². The van der Waals surface area contributed by atoms with Gasteiger partial charge in [0, 0.05) is 65.4 Å². The van der Waals surface area contributed by atoms with Crippen LogP contribution < -0.4 is 0 Å². The molecule has 0 aromatic heterocycles. The molecule has 0 bridgehead atoms. The Labute approximate surface area is 98.3 Å². The first-order valence-corrected chi connectivity index (χ1v) is 1.30. The van der Waals surface area contributed by atoms with Crippen LogP contribution >= 0.6 is 0 Å². The number of hydrogen-bond acceptors (Lipinski definition) is 2. The van der Waals surface area contributed by atoms with E-state index in [4.69, 9.17) is 0 Å². The van der Waals surface area contributed by atoms with Gasteiger partial charge in [0.05, 0.1) is 0 Å². The molecule has 40 valence electrons. The second-order valence-corrected chi connectivity index (χ2v) is 0.742. The molecule has 5 heteroatoms. The molecule has 0 rings (SSSR count). The van der Waals surface area contributed by atoms with E-state index in [0.29, 0.717) is 4.90 Å². The quantitative estimate of drug-likeness (QED) is 0.475. The fraction of sp³-hybridized carbons (Fsp3) is 0.333. The first-order chi connectivity index (χ1) is 2.81. The SMILES string of the molecule is CN([C-]=O)[C-]=O.[Y].[Y]. The first-order valence-electron chi connectivity index (χ1n) is 1.30. The minimum absolute atomic E-state index is 0. The second-order valence-electron chi connectivity index (χ2n) is 0.742. The van der Waals surface area contributed by atoms with Gasteiger partial charge in [-0.1, -0.05) is 0 Å². The van der Waals surface area contributed by atoms with E-state index in [1.165, 1.54) is 19.9 Å². The second kappa shape index (κ2) is 11.2. The Morgan fingerprint density at radius 3 is 1.38 bits per heavy atom. The normalized spacial score (nSPS) is 5.12. The largest absolute Gasteiger partial charge is 0.639 e. The average Bonchev–Trinajstić information content (AvgIpc) is 1.65. The maximum atomic E-state index is 9.27. The molecule has 0 fully saturated rings. The van der Waals surface area contributed by atoms with Crippen molar-refractivity contribution in [3.05, 3.63) is 0 Å². The van der Waals surface area contributed by atoms with Crippen molar-refractivity contribution in [1.82, 2.24) is 4.90 Å². The third-order valence-corrected chi connectivity index (χ3v) is 0.274. The van der Waals surface area contributed by atoms with Crippen molar-refractivity contribution < 1.29 is 75.0 Å². The van der Waals surface area contributed by atoms with E-state index in [2.05, 4.69) is 0 Å². The van der Waals surface area contributed by atoms with Crippen molar-refractivity contribution in [2.24, 2.45) is 0 Å². The maximum Gasteiger partial charge on any atom is 0 e. The number of hydrogen-bond donors (Lipinski definition) is 0. The molecule has 0 saturated carbocycles. The number of imide groups is 1. The monoisotopic (exact) mass is 263 g/mol. The Morgan fingerprint density at radius 1 is 1.12 bits per heavy atom. The molecule has 0 saturated heterocycles. The van der Waals surface area contributed by atoms with Crippen LogP contribution in [0.5, 0.6) is 0 Å². The Bertz CT molecular complexity index is 60.3. The third kappa shape index (κ3) is 10.4. The fourth-order valence-corrected chi connectivity index (χ4v) is 0.0186. The predicted molar refractivity (Wildman–Crippen MR) is 19.1 cm³/mol. The first kappa shape index (κ1) is 16.2. The number of rotatable bonds is 2. The summed E-state index contributed by atoms with van der Waals surface area (Å²) in [5, 5.41) is 0. The number of carbonyl (C=O) groups excluding carboxylic acids is 2. The Kier molecular flexibility index (Phi) is 22.6. The van der Waals surface area contributed by atoms with Crippen LogP contribution in [0.1, 0.15) is 0 Å². The topological polar surface area (TPSA) is 37.4 Å². The average molecular weight is 263 g/mol. The van der Waals surface area contributed by atoms with E-state index in [9.17, 15) is 9.59 Å². The molecule has 0 heterocycles. The van der Waals surface area contributed by atoms with Gasteiger partial charge in [-0.3, -0.25) is 0 Å². The van der Waals surface area contributed by atoms with Gasteiger partial charge in [0.25, 0.3) is 0 Å². The molecule has 0 aromatic carbocycles. The van der Waals surface area contributed by atoms with E-state index in [1.54, 1.807) is 0 Å². The van der Waals surface area contributed by atoms with Crippen molar-refractivity contribution in [1.29, 1.82) is 0 Å². The van der Waals surface area contributed by atoms with Gasteiger partial charge in [-0.15, -0.1) is 0 Å².